The second kappa shape index (κ2) is 10.9. The third-order valence-electron chi connectivity index (χ3n) is 5.89. The lowest BCUT2D eigenvalue weighted by molar-refractivity contribution is -0.242. The molecule has 2 aliphatic rings. The summed E-state index contributed by atoms with van der Waals surface area (Å²) in [7, 11) is -1.44. The van der Waals surface area contributed by atoms with E-state index >= 15 is 0 Å². The molecule has 2 heterocycles. The summed E-state index contributed by atoms with van der Waals surface area (Å²) in [6, 6.07) is 0. The Labute approximate surface area is 202 Å². The molecule has 2 bridgehead atoms. The van der Waals surface area contributed by atoms with Crippen LogP contribution in [-0.4, -0.2) is 87.6 Å². The first kappa shape index (κ1) is 28.5. The molecule has 0 radical (unpaired) electrons. The average Bonchev–Trinajstić information content (AvgIpc) is 2.70. The Morgan fingerprint density at radius 3 is 1.85 bits per heavy atom. The fourth-order valence-corrected chi connectivity index (χ4v) is 11.0. The number of rotatable bonds is 8. The lowest BCUT2D eigenvalue weighted by Crippen LogP contribution is -2.74. The normalized spacial score (nSPS) is 29.6. The third kappa shape index (κ3) is 5.60. The van der Waals surface area contributed by atoms with E-state index in [4.69, 9.17) is 27.8 Å². The van der Waals surface area contributed by atoms with Crippen molar-refractivity contribution in [3.8, 4) is 0 Å². The molecule has 192 valence electrons. The molecule has 0 amide bonds. The van der Waals surface area contributed by atoms with Crippen LogP contribution >= 0.6 is 11.8 Å². The van der Waals surface area contributed by atoms with Crippen LogP contribution in [0.2, 0.25) is 10.1 Å². The Morgan fingerprint density at radius 2 is 1.45 bits per heavy atom. The van der Waals surface area contributed by atoms with Gasteiger partial charge in [0.05, 0.1) is 19.8 Å². The summed E-state index contributed by atoms with van der Waals surface area (Å²) in [5, 5.41) is 8.25. The van der Waals surface area contributed by atoms with Gasteiger partial charge >= 0.3 is 20.5 Å². The van der Waals surface area contributed by atoms with Crippen molar-refractivity contribution in [1.29, 1.82) is 0 Å². The molecule has 0 unspecified atom stereocenters. The number of ether oxygens (including phenoxy) is 4. The molecule has 0 aromatic heterocycles. The standard InChI is InChI=1S/C22H40O9SSi/c1-10-27-18(24)17(19(25)28-11-2)32-20-16-15(26-9)14(13(12-23)29-20)30-33(31-16,21(3,4)5)22(6,7)8/h13-17,20,23H,10-12H2,1-9H3/t13-,14-,15+,16-,20+/m1/s1. The van der Waals surface area contributed by atoms with Gasteiger partial charge < -0.3 is 32.9 Å². The highest BCUT2D eigenvalue weighted by molar-refractivity contribution is 8.01. The zero-order chi connectivity index (χ0) is 25.2. The highest BCUT2D eigenvalue weighted by atomic mass is 32.2. The number of aliphatic hydroxyl groups excluding tert-OH is 1. The Kier molecular flexibility index (Phi) is 9.45. The third-order valence-corrected chi connectivity index (χ3v) is 12.4. The number of carbonyl (C=O) groups excluding carboxylic acids is 2. The van der Waals surface area contributed by atoms with E-state index in [9.17, 15) is 14.7 Å². The van der Waals surface area contributed by atoms with Crippen LogP contribution in [0.4, 0.5) is 0 Å². The van der Waals surface area contributed by atoms with Gasteiger partial charge in [0.2, 0.25) is 5.25 Å². The quantitative estimate of drug-likeness (QED) is 0.298. The van der Waals surface area contributed by atoms with E-state index < -0.39 is 55.6 Å². The molecule has 9 nitrogen and oxygen atoms in total. The van der Waals surface area contributed by atoms with Crippen LogP contribution in [0.5, 0.6) is 0 Å². The van der Waals surface area contributed by atoms with Gasteiger partial charge in [-0.05, 0) is 13.8 Å². The Hall–Kier alpha value is -0.693. The van der Waals surface area contributed by atoms with Crippen LogP contribution in [0, 0.1) is 0 Å². The first-order valence-electron chi connectivity index (χ1n) is 11.4. The van der Waals surface area contributed by atoms with E-state index in [0.29, 0.717) is 0 Å². The zero-order valence-electron chi connectivity index (χ0n) is 21.2. The number of esters is 2. The van der Waals surface area contributed by atoms with Crippen LogP contribution < -0.4 is 0 Å². The van der Waals surface area contributed by atoms with Crippen molar-refractivity contribution >= 4 is 32.3 Å². The fraction of sp³-hybridized carbons (Fsp3) is 0.909. The molecule has 0 spiro atoms. The minimum absolute atomic E-state index is 0.126. The molecular weight excluding hydrogens is 468 g/mol. The monoisotopic (exact) mass is 508 g/mol. The summed E-state index contributed by atoms with van der Waals surface area (Å²) in [6.07, 6.45) is -2.44. The van der Waals surface area contributed by atoms with Gasteiger partial charge in [0.15, 0.2) is 0 Å². The largest absolute Gasteiger partial charge is 0.465 e. The number of carbonyl (C=O) groups is 2. The second-order valence-electron chi connectivity index (χ2n) is 10.2. The summed E-state index contributed by atoms with van der Waals surface area (Å²) in [4.78, 5) is 25.2. The molecule has 0 aromatic carbocycles. The summed E-state index contributed by atoms with van der Waals surface area (Å²) in [5.41, 5.74) is -0.789. The summed E-state index contributed by atoms with van der Waals surface area (Å²) >= 11 is 0.970. The van der Waals surface area contributed by atoms with E-state index in [2.05, 4.69) is 41.5 Å². The molecule has 0 aromatic rings. The predicted molar refractivity (Wildman–Crippen MR) is 126 cm³/mol. The van der Waals surface area contributed by atoms with E-state index in [1.807, 2.05) is 0 Å². The van der Waals surface area contributed by atoms with Gasteiger partial charge in [-0.15, -0.1) is 11.8 Å². The maximum atomic E-state index is 12.6. The number of aliphatic hydroxyl groups is 1. The molecule has 0 saturated carbocycles. The number of thioether (sulfide) groups is 1. The van der Waals surface area contributed by atoms with E-state index in [1.165, 1.54) is 0 Å². The molecule has 33 heavy (non-hydrogen) atoms. The topological polar surface area (TPSA) is 110 Å². The smallest absolute Gasteiger partial charge is 0.350 e. The summed E-state index contributed by atoms with van der Waals surface area (Å²) in [5.74, 6) is -1.41. The second-order valence-corrected chi connectivity index (χ2v) is 16.1. The first-order valence-corrected chi connectivity index (χ1v) is 14.2. The number of methoxy groups -OCH3 is 1. The zero-order valence-corrected chi connectivity index (χ0v) is 23.0. The van der Waals surface area contributed by atoms with Gasteiger partial charge in [0.1, 0.15) is 29.9 Å². The van der Waals surface area contributed by atoms with Gasteiger partial charge in [-0.1, -0.05) is 41.5 Å². The highest BCUT2D eigenvalue weighted by Gasteiger charge is 2.68. The lowest BCUT2D eigenvalue weighted by atomic mass is 10.00. The Bertz CT molecular complexity index is 658. The molecule has 1 N–H and O–H groups in total. The number of hydrogen-bond donors (Lipinski definition) is 1. The molecule has 5 atom stereocenters. The predicted octanol–water partition coefficient (Wildman–Crippen LogP) is 2.77. The first-order chi connectivity index (χ1) is 15.3. The molecule has 2 aliphatic heterocycles. The molecule has 0 aliphatic carbocycles. The lowest BCUT2D eigenvalue weighted by Gasteiger charge is -2.60. The SMILES string of the molecule is CCOC(=O)C(S[C@@H]1O[C@H](CO)[C@H]2O[Si](C(C)(C)C)(C(C)(C)C)O[C@@H]1[C@H]2OC)C(=O)OCC. The average molecular weight is 509 g/mol. The fourth-order valence-electron chi connectivity index (χ4n) is 4.69. The van der Waals surface area contributed by atoms with Crippen LogP contribution in [0.3, 0.4) is 0 Å². The van der Waals surface area contributed by atoms with Crippen molar-refractivity contribution in [2.45, 2.75) is 101 Å². The van der Waals surface area contributed by atoms with Crippen molar-refractivity contribution in [2.24, 2.45) is 0 Å². The van der Waals surface area contributed by atoms with E-state index in [-0.39, 0.29) is 29.9 Å². The minimum Gasteiger partial charge on any atom is -0.465 e. The van der Waals surface area contributed by atoms with Gasteiger partial charge in [-0.3, -0.25) is 9.59 Å². The van der Waals surface area contributed by atoms with Gasteiger partial charge in [0, 0.05) is 17.2 Å². The maximum Gasteiger partial charge on any atom is 0.350 e. The molecular formula is C22H40O9SSi. The molecule has 2 fully saturated rings. The van der Waals surface area contributed by atoms with Crippen LogP contribution in [0.25, 0.3) is 0 Å². The molecule has 11 heteroatoms. The number of fused-ring (bicyclic) bond motifs is 2. The van der Waals surface area contributed by atoms with Crippen molar-refractivity contribution in [1.82, 2.24) is 0 Å². The molecule has 2 rings (SSSR count). The van der Waals surface area contributed by atoms with Crippen molar-refractivity contribution < 1.29 is 42.5 Å². The Balaban J connectivity index is 2.51. The maximum absolute atomic E-state index is 12.6. The van der Waals surface area contributed by atoms with Crippen LogP contribution in [0.1, 0.15) is 55.4 Å². The van der Waals surface area contributed by atoms with Crippen molar-refractivity contribution in [2.75, 3.05) is 26.9 Å². The van der Waals surface area contributed by atoms with Crippen LogP contribution in [-0.2, 0) is 37.4 Å². The molecule has 2 saturated heterocycles. The van der Waals surface area contributed by atoms with Crippen LogP contribution in [0.15, 0.2) is 0 Å². The summed E-state index contributed by atoms with van der Waals surface area (Å²) in [6.45, 7) is 15.8. The van der Waals surface area contributed by atoms with Gasteiger partial charge in [-0.25, -0.2) is 0 Å². The van der Waals surface area contributed by atoms with E-state index in [0.717, 1.165) is 11.8 Å². The summed E-state index contributed by atoms with van der Waals surface area (Å²) < 4.78 is 35.7. The van der Waals surface area contributed by atoms with Crippen molar-refractivity contribution in [3.05, 3.63) is 0 Å². The van der Waals surface area contributed by atoms with Gasteiger partial charge in [0.25, 0.3) is 0 Å². The van der Waals surface area contributed by atoms with Gasteiger partial charge in [-0.2, -0.15) is 0 Å². The van der Waals surface area contributed by atoms with Crippen molar-refractivity contribution in [3.63, 3.8) is 0 Å². The minimum atomic E-state index is -2.99. The van der Waals surface area contributed by atoms with E-state index in [1.54, 1.807) is 21.0 Å². The highest BCUT2D eigenvalue weighted by Crippen LogP contribution is 2.57. The number of hydrogen-bond acceptors (Lipinski definition) is 10. The Morgan fingerprint density at radius 1 is 0.970 bits per heavy atom.